The highest BCUT2D eigenvalue weighted by Crippen LogP contribution is 2.69. The number of phenolic OH excluding ortho intramolecular Hbond substituents is 1. The zero-order valence-corrected chi connectivity index (χ0v) is 14.2. The molecule has 3 heteroatoms. The van der Waals surface area contributed by atoms with E-state index in [4.69, 9.17) is 0 Å². The topological polar surface area (TPSA) is 49.3 Å². The molecule has 0 spiro atoms. The van der Waals surface area contributed by atoms with E-state index in [1.807, 2.05) is 12.1 Å². The second kappa shape index (κ2) is 4.75. The van der Waals surface area contributed by atoms with Gasteiger partial charge >= 0.3 is 0 Å². The summed E-state index contributed by atoms with van der Waals surface area (Å²) in [7, 11) is 0. The molecule has 3 nitrogen and oxygen atoms in total. The standard InChI is InChI=1S/C20H27NO2/c1-18-7-15-8-19(2,11-18)13-20(9-15,12-18)17(23)21-10-14-3-5-16(22)6-4-14/h3-6,15,22H,7-13H2,1-2H3,(H,21,23). The van der Waals surface area contributed by atoms with E-state index in [1.165, 1.54) is 19.3 Å². The molecule has 4 bridgehead atoms. The molecule has 5 rings (SSSR count). The average Bonchev–Trinajstić information content (AvgIpc) is 2.42. The Morgan fingerprint density at radius 2 is 1.70 bits per heavy atom. The fourth-order valence-electron chi connectivity index (χ4n) is 6.68. The molecule has 0 aliphatic heterocycles. The van der Waals surface area contributed by atoms with Crippen LogP contribution >= 0.6 is 0 Å². The van der Waals surface area contributed by atoms with E-state index < -0.39 is 0 Å². The third-order valence-electron chi connectivity index (χ3n) is 6.50. The number of amides is 1. The van der Waals surface area contributed by atoms with E-state index in [-0.39, 0.29) is 17.1 Å². The van der Waals surface area contributed by atoms with Crippen LogP contribution in [-0.2, 0) is 11.3 Å². The van der Waals surface area contributed by atoms with E-state index in [1.54, 1.807) is 12.1 Å². The summed E-state index contributed by atoms with van der Waals surface area (Å²) in [5.74, 6) is 1.26. The Morgan fingerprint density at radius 3 is 2.26 bits per heavy atom. The predicted molar refractivity (Wildman–Crippen MR) is 89.8 cm³/mol. The molecule has 0 radical (unpaired) electrons. The van der Waals surface area contributed by atoms with Gasteiger partial charge in [-0.3, -0.25) is 4.79 Å². The monoisotopic (exact) mass is 313 g/mol. The van der Waals surface area contributed by atoms with Crippen molar-refractivity contribution in [2.75, 3.05) is 0 Å². The third kappa shape index (κ3) is 2.54. The minimum atomic E-state index is -0.139. The van der Waals surface area contributed by atoms with Crippen LogP contribution in [0.1, 0.15) is 57.9 Å². The summed E-state index contributed by atoms with van der Waals surface area (Å²) in [6, 6.07) is 7.10. The van der Waals surface area contributed by atoms with Crippen LogP contribution in [0.25, 0.3) is 0 Å². The quantitative estimate of drug-likeness (QED) is 0.886. The van der Waals surface area contributed by atoms with Crippen LogP contribution in [0.4, 0.5) is 0 Å². The SMILES string of the molecule is CC12CC3CC(C)(C1)CC(C(=O)NCc1ccc(O)cc1)(C3)C2. The van der Waals surface area contributed by atoms with Gasteiger partial charge in [-0.15, -0.1) is 0 Å². The molecular formula is C20H27NO2. The second-order valence-electron chi connectivity index (χ2n) is 9.26. The summed E-state index contributed by atoms with van der Waals surface area (Å²) in [6.07, 6.45) is 7.13. The average molecular weight is 313 g/mol. The van der Waals surface area contributed by atoms with Gasteiger partial charge in [0.2, 0.25) is 5.91 Å². The Kier molecular flexibility index (Phi) is 3.11. The van der Waals surface area contributed by atoms with Crippen molar-refractivity contribution >= 4 is 5.91 Å². The molecule has 1 aromatic carbocycles. The second-order valence-corrected chi connectivity index (χ2v) is 9.26. The summed E-state index contributed by atoms with van der Waals surface area (Å²) in [6.45, 7) is 5.36. The minimum Gasteiger partial charge on any atom is -0.508 e. The van der Waals surface area contributed by atoms with E-state index in [0.29, 0.717) is 17.4 Å². The smallest absolute Gasteiger partial charge is 0.226 e. The number of carbonyl (C=O) groups is 1. The molecule has 0 saturated heterocycles. The van der Waals surface area contributed by atoms with E-state index in [9.17, 15) is 9.90 Å². The molecule has 4 fully saturated rings. The highest BCUT2D eigenvalue weighted by Gasteiger charge is 2.62. The number of phenols is 1. The van der Waals surface area contributed by atoms with Crippen molar-refractivity contribution < 1.29 is 9.90 Å². The van der Waals surface area contributed by atoms with Gasteiger partial charge < -0.3 is 10.4 Å². The van der Waals surface area contributed by atoms with E-state index in [2.05, 4.69) is 19.2 Å². The van der Waals surface area contributed by atoms with Crippen molar-refractivity contribution in [1.82, 2.24) is 5.32 Å². The molecule has 1 amide bonds. The predicted octanol–water partition coefficient (Wildman–Crippen LogP) is 4.01. The molecule has 0 heterocycles. The molecule has 4 saturated carbocycles. The van der Waals surface area contributed by atoms with E-state index in [0.717, 1.165) is 30.7 Å². The van der Waals surface area contributed by atoms with Crippen LogP contribution in [-0.4, -0.2) is 11.0 Å². The maximum Gasteiger partial charge on any atom is 0.226 e. The normalized spacial score (nSPS) is 41.0. The number of aromatic hydroxyl groups is 1. The maximum atomic E-state index is 13.1. The molecule has 1 aromatic rings. The van der Waals surface area contributed by atoms with E-state index >= 15 is 0 Å². The summed E-state index contributed by atoms with van der Waals surface area (Å²) in [5, 5.41) is 12.5. The van der Waals surface area contributed by atoms with Crippen molar-refractivity contribution in [2.24, 2.45) is 22.2 Å². The van der Waals surface area contributed by atoms with Gasteiger partial charge in [-0.1, -0.05) is 26.0 Å². The lowest BCUT2D eigenvalue weighted by molar-refractivity contribution is -0.170. The van der Waals surface area contributed by atoms with Crippen LogP contribution in [0.2, 0.25) is 0 Å². The Balaban J connectivity index is 1.50. The number of nitrogens with one attached hydrogen (secondary N) is 1. The largest absolute Gasteiger partial charge is 0.508 e. The molecule has 4 aliphatic rings. The molecule has 0 aromatic heterocycles. The lowest BCUT2D eigenvalue weighted by Crippen LogP contribution is -2.59. The maximum absolute atomic E-state index is 13.1. The third-order valence-corrected chi connectivity index (χ3v) is 6.50. The first-order valence-corrected chi connectivity index (χ1v) is 8.86. The van der Waals surface area contributed by atoms with Gasteiger partial charge in [0.25, 0.3) is 0 Å². The van der Waals surface area contributed by atoms with Gasteiger partial charge in [0, 0.05) is 6.54 Å². The van der Waals surface area contributed by atoms with Gasteiger partial charge in [-0.2, -0.15) is 0 Å². The van der Waals surface area contributed by atoms with Gasteiger partial charge in [-0.25, -0.2) is 0 Å². The van der Waals surface area contributed by atoms with Crippen molar-refractivity contribution in [2.45, 2.75) is 58.9 Å². The first kappa shape index (κ1) is 15.0. The first-order valence-electron chi connectivity index (χ1n) is 8.86. The van der Waals surface area contributed by atoms with Gasteiger partial charge in [0.1, 0.15) is 5.75 Å². The highest BCUT2D eigenvalue weighted by atomic mass is 16.3. The lowest BCUT2D eigenvalue weighted by Gasteiger charge is -2.64. The zero-order chi connectivity index (χ0) is 16.3. The summed E-state index contributed by atoms with van der Waals surface area (Å²) >= 11 is 0. The summed E-state index contributed by atoms with van der Waals surface area (Å²) < 4.78 is 0. The van der Waals surface area contributed by atoms with Crippen LogP contribution in [0, 0.1) is 22.2 Å². The Labute approximate surface area is 138 Å². The molecule has 4 aliphatic carbocycles. The number of hydrogen-bond acceptors (Lipinski definition) is 2. The first-order chi connectivity index (χ1) is 10.8. The fraction of sp³-hybridized carbons (Fsp3) is 0.650. The molecular weight excluding hydrogens is 286 g/mol. The molecule has 23 heavy (non-hydrogen) atoms. The van der Waals surface area contributed by atoms with Gasteiger partial charge in [0.05, 0.1) is 5.41 Å². The molecule has 2 atom stereocenters. The van der Waals surface area contributed by atoms with Crippen molar-refractivity contribution in [3.05, 3.63) is 29.8 Å². The number of carbonyl (C=O) groups excluding carboxylic acids is 1. The van der Waals surface area contributed by atoms with Crippen LogP contribution < -0.4 is 5.32 Å². The van der Waals surface area contributed by atoms with Crippen LogP contribution in [0.5, 0.6) is 5.75 Å². The molecule has 2 N–H and O–H groups in total. The molecule has 124 valence electrons. The van der Waals surface area contributed by atoms with Crippen LogP contribution in [0.15, 0.2) is 24.3 Å². The number of rotatable bonds is 3. The molecule has 2 unspecified atom stereocenters. The fourth-order valence-corrected chi connectivity index (χ4v) is 6.68. The van der Waals surface area contributed by atoms with Gasteiger partial charge in [0.15, 0.2) is 0 Å². The number of hydrogen-bond donors (Lipinski definition) is 2. The zero-order valence-electron chi connectivity index (χ0n) is 14.2. The van der Waals surface area contributed by atoms with Gasteiger partial charge in [-0.05, 0) is 73.0 Å². The highest BCUT2D eigenvalue weighted by molar-refractivity contribution is 5.83. The summed E-state index contributed by atoms with van der Waals surface area (Å²) in [5.41, 5.74) is 1.63. The van der Waals surface area contributed by atoms with Crippen molar-refractivity contribution in [1.29, 1.82) is 0 Å². The Bertz CT molecular complexity index is 618. The Morgan fingerprint density at radius 1 is 1.09 bits per heavy atom. The van der Waals surface area contributed by atoms with Crippen molar-refractivity contribution in [3.8, 4) is 5.75 Å². The van der Waals surface area contributed by atoms with Crippen LogP contribution in [0.3, 0.4) is 0 Å². The number of benzene rings is 1. The Hall–Kier alpha value is -1.51. The lowest BCUT2D eigenvalue weighted by atomic mass is 9.40. The summed E-state index contributed by atoms with van der Waals surface area (Å²) in [4.78, 5) is 13.1. The van der Waals surface area contributed by atoms with Crippen molar-refractivity contribution in [3.63, 3.8) is 0 Å². The minimum absolute atomic E-state index is 0.139.